The molecule has 0 radical (unpaired) electrons. The minimum absolute atomic E-state index is 0.489. The van der Waals surface area contributed by atoms with E-state index < -0.39 is 0 Å². The maximum Gasteiger partial charge on any atom is 0.161 e. The van der Waals surface area contributed by atoms with E-state index in [0.717, 1.165) is 28.2 Å². The molecule has 1 N–H and O–H groups in total. The number of benzene rings is 1. The van der Waals surface area contributed by atoms with E-state index >= 15 is 0 Å². The summed E-state index contributed by atoms with van der Waals surface area (Å²) in [6, 6.07) is 6.84. The number of anilines is 1. The Morgan fingerprint density at radius 2 is 2.29 bits per heavy atom. The van der Waals surface area contributed by atoms with Crippen LogP contribution < -0.4 is 5.32 Å². The Bertz CT molecular complexity index is 431. The van der Waals surface area contributed by atoms with Crippen molar-refractivity contribution in [2.45, 2.75) is 32.7 Å². The van der Waals surface area contributed by atoms with E-state index in [2.05, 4.69) is 58.3 Å². The molecule has 92 valence electrons. The van der Waals surface area contributed by atoms with Crippen LogP contribution in [0.25, 0.3) is 0 Å². The molecular formula is C13H17BrN2S. The topological polar surface area (TPSA) is 24.4 Å². The minimum atomic E-state index is 0.489. The van der Waals surface area contributed by atoms with E-state index in [0.29, 0.717) is 6.04 Å². The molecule has 0 saturated carbocycles. The molecule has 1 atom stereocenters. The summed E-state index contributed by atoms with van der Waals surface area (Å²) >= 11 is 5.33. The second-order valence-electron chi connectivity index (χ2n) is 4.09. The number of amidine groups is 1. The fraction of sp³-hybridized carbons (Fsp3) is 0.462. The standard InChI is InChI=1S/C13H17BrN2S/c1-3-9-7-10(14)5-6-12(9)16-13-15-11(4-2)8-17-13/h5-7,11H,3-4,8H2,1-2H3,(H,15,16). The van der Waals surface area contributed by atoms with Gasteiger partial charge in [-0.25, -0.2) is 0 Å². The van der Waals surface area contributed by atoms with Crippen molar-refractivity contribution in [3.8, 4) is 0 Å². The molecule has 0 fully saturated rings. The SMILES string of the molecule is CCc1cc(Br)ccc1NC1=NC(CC)CS1. The molecule has 1 aromatic carbocycles. The van der Waals surface area contributed by atoms with Crippen LogP contribution in [0, 0.1) is 0 Å². The Morgan fingerprint density at radius 1 is 1.47 bits per heavy atom. The number of rotatable bonds is 3. The highest BCUT2D eigenvalue weighted by atomic mass is 79.9. The lowest BCUT2D eigenvalue weighted by molar-refractivity contribution is 0.738. The molecule has 2 nitrogen and oxygen atoms in total. The van der Waals surface area contributed by atoms with Crippen LogP contribution in [-0.4, -0.2) is 17.0 Å². The van der Waals surface area contributed by atoms with Gasteiger partial charge in [0.05, 0.1) is 6.04 Å². The van der Waals surface area contributed by atoms with Crippen molar-refractivity contribution >= 4 is 38.5 Å². The molecule has 17 heavy (non-hydrogen) atoms. The van der Waals surface area contributed by atoms with Crippen molar-refractivity contribution in [2.75, 3.05) is 11.1 Å². The van der Waals surface area contributed by atoms with Gasteiger partial charge in [-0.05, 0) is 36.6 Å². The molecule has 1 unspecified atom stereocenters. The van der Waals surface area contributed by atoms with E-state index in [-0.39, 0.29) is 0 Å². The van der Waals surface area contributed by atoms with Gasteiger partial charge in [0.2, 0.25) is 0 Å². The first-order chi connectivity index (χ1) is 8.22. The van der Waals surface area contributed by atoms with E-state index in [1.165, 1.54) is 11.3 Å². The molecule has 0 bridgehead atoms. The lowest BCUT2D eigenvalue weighted by Gasteiger charge is -2.10. The fourth-order valence-electron chi connectivity index (χ4n) is 1.78. The van der Waals surface area contributed by atoms with Crippen LogP contribution in [0.3, 0.4) is 0 Å². The van der Waals surface area contributed by atoms with Crippen molar-refractivity contribution in [3.05, 3.63) is 28.2 Å². The van der Waals surface area contributed by atoms with Crippen molar-refractivity contribution in [1.82, 2.24) is 0 Å². The van der Waals surface area contributed by atoms with Gasteiger partial charge in [0.15, 0.2) is 5.17 Å². The fourth-order valence-corrected chi connectivity index (χ4v) is 3.26. The predicted molar refractivity (Wildman–Crippen MR) is 81.1 cm³/mol. The zero-order valence-electron chi connectivity index (χ0n) is 10.2. The monoisotopic (exact) mass is 312 g/mol. The molecule has 0 amide bonds. The summed E-state index contributed by atoms with van der Waals surface area (Å²) in [6.07, 6.45) is 2.15. The highest BCUT2D eigenvalue weighted by Gasteiger charge is 2.17. The summed E-state index contributed by atoms with van der Waals surface area (Å²) in [6.45, 7) is 4.36. The van der Waals surface area contributed by atoms with Gasteiger partial charge in [-0.3, -0.25) is 4.99 Å². The van der Waals surface area contributed by atoms with Gasteiger partial charge in [0, 0.05) is 15.9 Å². The third-order valence-corrected chi connectivity index (χ3v) is 4.40. The van der Waals surface area contributed by atoms with Crippen molar-refractivity contribution in [1.29, 1.82) is 0 Å². The molecule has 0 aliphatic carbocycles. The first kappa shape index (κ1) is 13.0. The number of aliphatic imine (C=N–C) groups is 1. The number of halogens is 1. The van der Waals surface area contributed by atoms with Crippen LogP contribution in [0.1, 0.15) is 25.8 Å². The Balaban J connectivity index is 2.14. The minimum Gasteiger partial charge on any atom is -0.335 e. The first-order valence-electron chi connectivity index (χ1n) is 5.99. The van der Waals surface area contributed by atoms with Gasteiger partial charge in [0.25, 0.3) is 0 Å². The smallest absolute Gasteiger partial charge is 0.161 e. The third-order valence-electron chi connectivity index (χ3n) is 2.87. The van der Waals surface area contributed by atoms with Crippen LogP contribution in [-0.2, 0) is 6.42 Å². The van der Waals surface area contributed by atoms with E-state index in [1.54, 1.807) is 0 Å². The van der Waals surface area contributed by atoms with Crippen LogP contribution in [0.4, 0.5) is 5.69 Å². The van der Waals surface area contributed by atoms with E-state index in [1.807, 2.05) is 11.8 Å². The summed E-state index contributed by atoms with van der Waals surface area (Å²) in [5.41, 5.74) is 2.50. The summed E-state index contributed by atoms with van der Waals surface area (Å²) in [5, 5.41) is 4.51. The van der Waals surface area contributed by atoms with Gasteiger partial charge in [-0.2, -0.15) is 0 Å². The highest BCUT2D eigenvalue weighted by Crippen LogP contribution is 2.26. The average Bonchev–Trinajstić information content (AvgIpc) is 2.79. The highest BCUT2D eigenvalue weighted by molar-refractivity contribution is 9.10. The number of nitrogens with one attached hydrogen (secondary N) is 1. The average molecular weight is 313 g/mol. The van der Waals surface area contributed by atoms with Gasteiger partial charge >= 0.3 is 0 Å². The Kier molecular flexibility index (Phi) is 4.51. The zero-order valence-corrected chi connectivity index (χ0v) is 12.6. The summed E-state index contributed by atoms with van der Waals surface area (Å²) in [5.74, 6) is 1.11. The van der Waals surface area contributed by atoms with Crippen LogP contribution >= 0.6 is 27.7 Å². The van der Waals surface area contributed by atoms with Crippen LogP contribution in [0.15, 0.2) is 27.7 Å². The van der Waals surface area contributed by atoms with Crippen molar-refractivity contribution in [2.24, 2.45) is 4.99 Å². The molecule has 2 rings (SSSR count). The maximum absolute atomic E-state index is 4.66. The number of hydrogen-bond donors (Lipinski definition) is 1. The predicted octanol–water partition coefficient (Wildman–Crippen LogP) is 4.30. The lowest BCUT2D eigenvalue weighted by Crippen LogP contribution is -2.07. The normalized spacial score (nSPS) is 19.2. The molecule has 1 aliphatic rings. The molecule has 4 heteroatoms. The zero-order chi connectivity index (χ0) is 12.3. The molecule has 1 heterocycles. The lowest BCUT2D eigenvalue weighted by atomic mass is 10.1. The number of aryl methyl sites for hydroxylation is 1. The second-order valence-corrected chi connectivity index (χ2v) is 6.01. The van der Waals surface area contributed by atoms with Gasteiger partial charge in [-0.15, -0.1) is 0 Å². The van der Waals surface area contributed by atoms with Crippen molar-refractivity contribution < 1.29 is 0 Å². The number of thioether (sulfide) groups is 1. The van der Waals surface area contributed by atoms with Crippen molar-refractivity contribution in [3.63, 3.8) is 0 Å². The Morgan fingerprint density at radius 3 is 2.94 bits per heavy atom. The quantitative estimate of drug-likeness (QED) is 0.899. The largest absolute Gasteiger partial charge is 0.335 e. The molecule has 0 aromatic heterocycles. The molecule has 0 spiro atoms. The van der Waals surface area contributed by atoms with Gasteiger partial charge < -0.3 is 5.32 Å². The summed E-state index contributed by atoms with van der Waals surface area (Å²) < 4.78 is 1.13. The molecule has 0 saturated heterocycles. The Hall–Kier alpha value is -0.480. The molecular weight excluding hydrogens is 296 g/mol. The summed E-state index contributed by atoms with van der Waals surface area (Å²) in [7, 11) is 0. The molecule has 1 aromatic rings. The number of hydrogen-bond acceptors (Lipinski definition) is 3. The Labute approximate surface area is 115 Å². The maximum atomic E-state index is 4.66. The van der Waals surface area contributed by atoms with E-state index in [9.17, 15) is 0 Å². The van der Waals surface area contributed by atoms with Gasteiger partial charge in [-0.1, -0.05) is 41.5 Å². The van der Waals surface area contributed by atoms with Gasteiger partial charge in [0.1, 0.15) is 0 Å². The van der Waals surface area contributed by atoms with Crippen LogP contribution in [0.2, 0.25) is 0 Å². The number of nitrogens with zero attached hydrogens (tertiary/aromatic N) is 1. The molecule has 1 aliphatic heterocycles. The summed E-state index contributed by atoms with van der Waals surface area (Å²) in [4.78, 5) is 4.66. The van der Waals surface area contributed by atoms with Crippen LogP contribution in [0.5, 0.6) is 0 Å². The second kappa shape index (κ2) is 5.91. The third kappa shape index (κ3) is 3.26. The van der Waals surface area contributed by atoms with E-state index in [4.69, 9.17) is 0 Å². The first-order valence-corrected chi connectivity index (χ1v) is 7.76.